The first kappa shape index (κ1) is 19.9. The molecule has 0 bridgehead atoms. The average Bonchev–Trinajstić information content (AvgIpc) is 2.95. The van der Waals surface area contributed by atoms with Crippen LogP contribution in [-0.2, 0) is 30.2 Å². The highest BCUT2D eigenvalue weighted by molar-refractivity contribution is 6.29. The number of benzene rings is 1. The molecule has 1 aliphatic heterocycles. The van der Waals surface area contributed by atoms with Gasteiger partial charge in [0.25, 0.3) is 5.56 Å². The zero-order valence-electron chi connectivity index (χ0n) is 16.5. The molecule has 10 nitrogen and oxygen atoms in total. The molecule has 3 heterocycles. The second-order valence-corrected chi connectivity index (χ2v) is 7.57. The van der Waals surface area contributed by atoms with Crippen molar-refractivity contribution in [2.45, 2.75) is 25.9 Å². The highest BCUT2D eigenvalue weighted by atomic mass is 35.5. The largest absolute Gasteiger partial charge is 0.332 e. The van der Waals surface area contributed by atoms with Crippen molar-refractivity contribution in [1.82, 2.24) is 18.7 Å². The predicted octanol–water partition coefficient (Wildman–Crippen LogP) is 0.851. The van der Waals surface area contributed by atoms with Crippen molar-refractivity contribution in [3.05, 3.63) is 50.4 Å². The van der Waals surface area contributed by atoms with E-state index in [0.717, 1.165) is 4.57 Å². The van der Waals surface area contributed by atoms with E-state index in [-0.39, 0.29) is 41.2 Å². The Kier molecular flexibility index (Phi) is 4.73. The summed E-state index contributed by atoms with van der Waals surface area (Å²) in [5.74, 6) is -0.566. The van der Waals surface area contributed by atoms with E-state index in [1.807, 2.05) is 0 Å². The molecule has 1 aliphatic rings. The van der Waals surface area contributed by atoms with Gasteiger partial charge >= 0.3 is 5.69 Å². The highest BCUT2D eigenvalue weighted by Crippen LogP contribution is 2.31. The van der Waals surface area contributed by atoms with Gasteiger partial charge in [-0.2, -0.15) is 4.98 Å². The molecule has 1 aromatic carbocycles. The lowest BCUT2D eigenvalue weighted by Crippen LogP contribution is -2.42. The van der Waals surface area contributed by atoms with Crippen LogP contribution in [0.4, 0.5) is 11.4 Å². The van der Waals surface area contributed by atoms with Gasteiger partial charge in [0.1, 0.15) is 6.54 Å². The first-order chi connectivity index (χ1) is 14.2. The normalized spacial score (nSPS) is 16.3. The van der Waals surface area contributed by atoms with Crippen molar-refractivity contribution in [3.8, 4) is 0 Å². The lowest BCUT2D eigenvalue weighted by atomic mass is 10.1. The van der Waals surface area contributed by atoms with E-state index >= 15 is 0 Å². The van der Waals surface area contributed by atoms with Crippen LogP contribution in [0, 0.1) is 0 Å². The monoisotopic (exact) mass is 430 g/mol. The summed E-state index contributed by atoms with van der Waals surface area (Å²) in [5, 5.41) is 2.72. The molecule has 11 heteroatoms. The zero-order valence-corrected chi connectivity index (χ0v) is 17.3. The number of nitrogens with one attached hydrogen (secondary N) is 1. The third-order valence-corrected chi connectivity index (χ3v) is 5.51. The third-order valence-electron chi connectivity index (χ3n) is 5.22. The lowest BCUT2D eigenvalue weighted by Gasteiger charge is -2.28. The maximum atomic E-state index is 13.3. The van der Waals surface area contributed by atoms with Crippen LogP contribution in [0.15, 0.2) is 33.9 Å². The Labute approximate surface area is 175 Å². The van der Waals surface area contributed by atoms with Crippen LogP contribution in [0.1, 0.15) is 13.3 Å². The number of aryl methyl sites for hydroxylation is 1. The molecular formula is C19H19ClN6O4. The summed E-state index contributed by atoms with van der Waals surface area (Å²) in [5.41, 5.74) is 0.105. The molecule has 0 spiro atoms. The molecule has 1 atom stereocenters. The van der Waals surface area contributed by atoms with Gasteiger partial charge in [0, 0.05) is 26.6 Å². The van der Waals surface area contributed by atoms with Gasteiger partial charge in [0.05, 0.1) is 11.4 Å². The number of hydrogen-bond donors (Lipinski definition) is 1. The van der Waals surface area contributed by atoms with Crippen molar-refractivity contribution in [3.63, 3.8) is 0 Å². The number of aromatic nitrogens is 4. The molecule has 0 unspecified atom stereocenters. The zero-order chi connectivity index (χ0) is 21.7. The third kappa shape index (κ3) is 3.00. The number of carbonyl (C=O) groups excluding carboxylic acids is 2. The first-order valence-electron chi connectivity index (χ1n) is 9.23. The fourth-order valence-corrected chi connectivity index (χ4v) is 3.97. The minimum Gasteiger partial charge on any atom is -0.324 e. The Morgan fingerprint density at radius 2 is 1.90 bits per heavy atom. The van der Waals surface area contributed by atoms with Gasteiger partial charge in [-0.1, -0.05) is 12.1 Å². The van der Waals surface area contributed by atoms with Crippen molar-refractivity contribution < 1.29 is 9.59 Å². The van der Waals surface area contributed by atoms with Crippen LogP contribution >= 0.6 is 11.6 Å². The van der Waals surface area contributed by atoms with E-state index in [1.165, 1.54) is 28.1 Å². The Bertz CT molecular complexity index is 1320. The van der Waals surface area contributed by atoms with E-state index < -0.39 is 17.3 Å². The number of hydrogen-bond acceptors (Lipinski definition) is 5. The molecule has 0 saturated carbocycles. The van der Waals surface area contributed by atoms with Gasteiger partial charge in [-0.3, -0.25) is 28.1 Å². The quantitative estimate of drug-likeness (QED) is 0.606. The summed E-state index contributed by atoms with van der Waals surface area (Å²) in [6.07, 6.45) is 0.120. The number of carbonyl (C=O) groups is 2. The van der Waals surface area contributed by atoms with Gasteiger partial charge in [-0.25, -0.2) is 4.79 Å². The van der Waals surface area contributed by atoms with E-state index in [9.17, 15) is 19.2 Å². The number of fused-ring (bicyclic) bond motifs is 2. The van der Waals surface area contributed by atoms with E-state index in [4.69, 9.17) is 11.6 Å². The van der Waals surface area contributed by atoms with Gasteiger partial charge in [0.15, 0.2) is 11.2 Å². The first-order valence-corrected chi connectivity index (χ1v) is 9.61. The number of imidazole rings is 1. The van der Waals surface area contributed by atoms with Crippen LogP contribution in [0.3, 0.4) is 0 Å². The second kappa shape index (κ2) is 7.13. The minimum absolute atomic E-state index is 0.0583. The van der Waals surface area contributed by atoms with Gasteiger partial charge in [-0.05, 0) is 30.7 Å². The number of halogens is 1. The minimum atomic E-state index is -0.596. The van der Waals surface area contributed by atoms with Gasteiger partial charge in [-0.15, -0.1) is 0 Å². The van der Waals surface area contributed by atoms with E-state index in [2.05, 4.69) is 10.3 Å². The molecule has 2 amide bonds. The molecule has 0 fully saturated rings. The fourth-order valence-electron chi connectivity index (χ4n) is 3.74. The van der Waals surface area contributed by atoms with Crippen molar-refractivity contribution >= 4 is 46.0 Å². The molecule has 1 N–H and O–H groups in total. The maximum absolute atomic E-state index is 13.3. The fraction of sp³-hybridized carbons (Fsp3) is 0.316. The molecule has 30 heavy (non-hydrogen) atoms. The number of nitrogens with zero attached hydrogens (tertiary/aromatic N) is 5. The Hall–Kier alpha value is -3.40. The van der Waals surface area contributed by atoms with Crippen molar-refractivity contribution in [2.75, 3.05) is 10.2 Å². The molecule has 3 aromatic rings. The van der Waals surface area contributed by atoms with Gasteiger partial charge in [0.2, 0.25) is 17.1 Å². The topological polar surface area (TPSA) is 111 Å². The summed E-state index contributed by atoms with van der Waals surface area (Å²) in [4.78, 5) is 56.0. The van der Waals surface area contributed by atoms with Gasteiger partial charge < -0.3 is 10.2 Å². The molecule has 0 saturated heterocycles. The molecule has 0 aliphatic carbocycles. The number of rotatable bonds is 2. The lowest BCUT2D eigenvalue weighted by molar-refractivity contribution is -0.119. The number of para-hydroxylation sites is 2. The van der Waals surface area contributed by atoms with E-state index in [0.29, 0.717) is 11.4 Å². The molecular weight excluding hydrogens is 412 g/mol. The molecule has 0 radical (unpaired) electrons. The molecule has 156 valence electrons. The smallest absolute Gasteiger partial charge is 0.324 e. The predicted molar refractivity (Wildman–Crippen MR) is 112 cm³/mol. The maximum Gasteiger partial charge on any atom is 0.332 e. The number of amides is 2. The van der Waals surface area contributed by atoms with Crippen molar-refractivity contribution in [1.29, 1.82) is 0 Å². The summed E-state index contributed by atoms with van der Waals surface area (Å²) in [6.45, 7) is 1.49. The summed E-state index contributed by atoms with van der Waals surface area (Å²) >= 11 is 6.24. The molecule has 4 rings (SSSR count). The van der Waals surface area contributed by atoms with Crippen LogP contribution in [0.2, 0.25) is 5.28 Å². The summed E-state index contributed by atoms with van der Waals surface area (Å²) < 4.78 is 3.43. The standard InChI is InChI=1S/C19H19ClN6O4/c1-10-8-13(27)21-11-6-4-5-7-12(11)26(10)14(28)9-25-15-16(22-18(25)20)23(2)19(30)24(3)17(15)29/h4-7,10H,8-9H2,1-3H3,(H,21,27)/t10-/m0/s1. The van der Waals surface area contributed by atoms with Crippen LogP contribution < -0.4 is 21.5 Å². The highest BCUT2D eigenvalue weighted by Gasteiger charge is 2.31. The number of anilines is 2. The van der Waals surface area contributed by atoms with Crippen LogP contribution in [0.25, 0.3) is 11.2 Å². The second-order valence-electron chi connectivity index (χ2n) is 7.23. The summed E-state index contributed by atoms with van der Waals surface area (Å²) in [7, 11) is 2.82. The SMILES string of the molecule is C[C@H]1CC(=O)Nc2ccccc2N1C(=O)Cn1c(Cl)nc2c1c(=O)n(C)c(=O)n2C. The summed E-state index contributed by atoms with van der Waals surface area (Å²) in [6, 6.07) is 6.58. The average molecular weight is 431 g/mol. The van der Waals surface area contributed by atoms with Crippen molar-refractivity contribution in [2.24, 2.45) is 14.1 Å². The van der Waals surface area contributed by atoms with E-state index in [1.54, 1.807) is 31.2 Å². The van der Waals surface area contributed by atoms with Crippen LogP contribution in [0.5, 0.6) is 0 Å². The Morgan fingerprint density at radius 3 is 2.63 bits per heavy atom. The molecule has 2 aromatic heterocycles. The van der Waals surface area contributed by atoms with Crippen LogP contribution in [-0.4, -0.2) is 36.5 Å². The Balaban J connectivity index is 1.83. The Morgan fingerprint density at radius 1 is 1.20 bits per heavy atom.